The second-order valence-electron chi connectivity index (χ2n) is 4.62. The fraction of sp³-hybridized carbons (Fsp3) is 0.500. The second-order valence-corrected chi connectivity index (χ2v) is 4.62. The number of rotatable bonds is 2. The topological polar surface area (TPSA) is 17.1 Å². The molecule has 0 bridgehead atoms. The molecule has 0 N–H and O–H groups in total. The molecular weight excluding hydrogens is 184 g/mol. The van der Waals surface area contributed by atoms with Gasteiger partial charge in [-0.15, -0.1) is 0 Å². The smallest absolute Gasteiger partial charge is 0.160 e. The van der Waals surface area contributed by atoms with Crippen LogP contribution in [0.3, 0.4) is 0 Å². The molecular formula is C14H20O. The van der Waals surface area contributed by atoms with Crippen molar-refractivity contribution in [2.24, 2.45) is 0 Å². The molecule has 82 valence electrons. The Balaban J connectivity index is 3.51. The van der Waals surface area contributed by atoms with Gasteiger partial charge in [-0.2, -0.15) is 0 Å². The zero-order valence-electron chi connectivity index (χ0n) is 10.6. The first kappa shape index (κ1) is 12.0. The van der Waals surface area contributed by atoms with Crippen molar-refractivity contribution in [2.45, 2.75) is 47.5 Å². The second kappa shape index (κ2) is 4.18. The van der Waals surface area contributed by atoms with Crippen LogP contribution in [0, 0.1) is 20.8 Å². The van der Waals surface area contributed by atoms with Crippen LogP contribution in [0.5, 0.6) is 0 Å². The van der Waals surface area contributed by atoms with Gasteiger partial charge in [0.1, 0.15) is 0 Å². The first-order valence-corrected chi connectivity index (χ1v) is 5.47. The minimum absolute atomic E-state index is 0.161. The van der Waals surface area contributed by atoms with E-state index in [0.717, 1.165) is 11.1 Å². The average Bonchev–Trinajstić information content (AvgIpc) is 2.10. The number of carbonyl (C=O) groups excluding carboxylic acids is 1. The molecule has 0 heterocycles. The zero-order valence-corrected chi connectivity index (χ0v) is 10.6. The van der Waals surface area contributed by atoms with Crippen molar-refractivity contribution in [2.75, 3.05) is 0 Å². The van der Waals surface area contributed by atoms with Crippen LogP contribution in [-0.2, 0) is 0 Å². The SMILES string of the molecule is CC(=O)c1cc(C)c(C(C)C)c(C)c1C. The Hall–Kier alpha value is -1.11. The van der Waals surface area contributed by atoms with Crippen LogP contribution in [0.2, 0.25) is 0 Å². The van der Waals surface area contributed by atoms with Crippen LogP contribution in [0.15, 0.2) is 6.07 Å². The first-order chi connectivity index (χ1) is 6.86. The summed E-state index contributed by atoms with van der Waals surface area (Å²) in [6.07, 6.45) is 0. The molecule has 0 spiro atoms. The fourth-order valence-corrected chi connectivity index (χ4v) is 2.36. The van der Waals surface area contributed by atoms with Crippen molar-refractivity contribution >= 4 is 5.78 Å². The third-order valence-corrected chi connectivity index (χ3v) is 3.11. The highest BCUT2D eigenvalue weighted by Crippen LogP contribution is 2.28. The molecule has 1 aromatic rings. The summed E-state index contributed by atoms with van der Waals surface area (Å²) in [4.78, 5) is 11.5. The number of aryl methyl sites for hydroxylation is 1. The Bertz CT molecular complexity index is 400. The van der Waals surface area contributed by atoms with Crippen LogP contribution in [0.25, 0.3) is 0 Å². The normalized spacial score (nSPS) is 10.9. The number of benzene rings is 1. The third-order valence-electron chi connectivity index (χ3n) is 3.11. The maximum Gasteiger partial charge on any atom is 0.160 e. The molecule has 0 radical (unpaired) electrons. The van der Waals surface area contributed by atoms with Crippen molar-refractivity contribution in [3.63, 3.8) is 0 Å². The van der Waals surface area contributed by atoms with Gasteiger partial charge in [0.15, 0.2) is 5.78 Å². The highest BCUT2D eigenvalue weighted by molar-refractivity contribution is 5.96. The predicted octanol–water partition coefficient (Wildman–Crippen LogP) is 3.94. The van der Waals surface area contributed by atoms with Gasteiger partial charge >= 0.3 is 0 Å². The molecule has 0 saturated heterocycles. The molecule has 15 heavy (non-hydrogen) atoms. The van der Waals surface area contributed by atoms with Crippen molar-refractivity contribution in [1.82, 2.24) is 0 Å². The fourth-order valence-electron chi connectivity index (χ4n) is 2.36. The summed E-state index contributed by atoms with van der Waals surface area (Å²) in [7, 11) is 0. The van der Waals surface area contributed by atoms with Crippen LogP contribution in [-0.4, -0.2) is 5.78 Å². The van der Waals surface area contributed by atoms with E-state index in [2.05, 4.69) is 27.7 Å². The van der Waals surface area contributed by atoms with E-state index >= 15 is 0 Å². The maximum atomic E-state index is 11.5. The Labute approximate surface area is 92.5 Å². The minimum Gasteiger partial charge on any atom is -0.295 e. The standard InChI is InChI=1S/C14H20O/c1-8(2)14-9(3)7-13(12(6)15)10(4)11(14)5/h7-8H,1-6H3. The summed E-state index contributed by atoms with van der Waals surface area (Å²) in [6, 6.07) is 2.03. The van der Waals surface area contributed by atoms with E-state index < -0.39 is 0 Å². The summed E-state index contributed by atoms with van der Waals surface area (Å²) in [5, 5.41) is 0. The summed E-state index contributed by atoms with van der Waals surface area (Å²) in [6.45, 7) is 12.3. The van der Waals surface area contributed by atoms with Crippen molar-refractivity contribution in [3.05, 3.63) is 33.9 Å². The van der Waals surface area contributed by atoms with Gasteiger partial charge < -0.3 is 0 Å². The minimum atomic E-state index is 0.161. The predicted molar refractivity (Wildman–Crippen MR) is 64.7 cm³/mol. The van der Waals surface area contributed by atoms with Gasteiger partial charge in [0.05, 0.1) is 0 Å². The molecule has 0 aliphatic rings. The van der Waals surface area contributed by atoms with Crippen molar-refractivity contribution < 1.29 is 4.79 Å². The summed E-state index contributed by atoms with van der Waals surface area (Å²) < 4.78 is 0. The van der Waals surface area contributed by atoms with Crippen LogP contribution in [0.4, 0.5) is 0 Å². The number of hydrogen-bond acceptors (Lipinski definition) is 1. The molecule has 0 atom stereocenters. The van der Waals surface area contributed by atoms with Crippen LogP contribution < -0.4 is 0 Å². The molecule has 1 nitrogen and oxygen atoms in total. The third kappa shape index (κ3) is 2.11. The highest BCUT2D eigenvalue weighted by atomic mass is 16.1. The van der Waals surface area contributed by atoms with E-state index in [1.807, 2.05) is 13.0 Å². The summed E-state index contributed by atoms with van der Waals surface area (Å²) >= 11 is 0. The highest BCUT2D eigenvalue weighted by Gasteiger charge is 2.14. The van der Waals surface area contributed by atoms with Crippen molar-refractivity contribution in [1.29, 1.82) is 0 Å². The zero-order chi connectivity index (χ0) is 11.7. The lowest BCUT2D eigenvalue weighted by atomic mass is 9.87. The van der Waals surface area contributed by atoms with Gasteiger partial charge in [-0.25, -0.2) is 0 Å². The quantitative estimate of drug-likeness (QED) is 0.667. The molecule has 0 aromatic heterocycles. The number of carbonyl (C=O) groups is 1. The average molecular weight is 204 g/mol. The number of hydrogen-bond donors (Lipinski definition) is 0. The lowest BCUT2D eigenvalue weighted by Crippen LogP contribution is -2.05. The Morgan fingerprint density at radius 1 is 1.13 bits per heavy atom. The van der Waals surface area contributed by atoms with Gasteiger partial charge in [0.25, 0.3) is 0 Å². The Kier molecular flexibility index (Phi) is 3.33. The van der Waals surface area contributed by atoms with E-state index in [4.69, 9.17) is 0 Å². The van der Waals surface area contributed by atoms with Gasteiger partial charge in [-0.05, 0) is 61.9 Å². The van der Waals surface area contributed by atoms with Gasteiger partial charge in [-0.1, -0.05) is 13.8 Å². The Morgan fingerprint density at radius 3 is 2.07 bits per heavy atom. The largest absolute Gasteiger partial charge is 0.295 e. The first-order valence-electron chi connectivity index (χ1n) is 5.47. The van der Waals surface area contributed by atoms with Gasteiger partial charge in [-0.3, -0.25) is 4.79 Å². The molecule has 0 unspecified atom stereocenters. The van der Waals surface area contributed by atoms with E-state index in [1.165, 1.54) is 16.7 Å². The monoisotopic (exact) mass is 204 g/mol. The Morgan fingerprint density at radius 2 is 1.67 bits per heavy atom. The van der Waals surface area contributed by atoms with E-state index in [0.29, 0.717) is 5.92 Å². The molecule has 1 rings (SSSR count). The van der Waals surface area contributed by atoms with E-state index in [1.54, 1.807) is 6.92 Å². The van der Waals surface area contributed by atoms with Crippen molar-refractivity contribution in [3.8, 4) is 0 Å². The molecule has 0 amide bonds. The maximum absolute atomic E-state index is 11.5. The lowest BCUT2D eigenvalue weighted by molar-refractivity contribution is 0.101. The van der Waals surface area contributed by atoms with Crippen LogP contribution >= 0.6 is 0 Å². The van der Waals surface area contributed by atoms with E-state index in [9.17, 15) is 4.79 Å². The number of Topliss-reactive ketones (excluding diaryl/α,β-unsaturated/α-hetero) is 1. The van der Waals surface area contributed by atoms with Gasteiger partial charge in [0.2, 0.25) is 0 Å². The molecule has 0 saturated carbocycles. The lowest BCUT2D eigenvalue weighted by Gasteiger charge is -2.18. The molecule has 0 aliphatic carbocycles. The van der Waals surface area contributed by atoms with Crippen LogP contribution in [0.1, 0.15) is 59.3 Å². The van der Waals surface area contributed by atoms with Gasteiger partial charge in [0, 0.05) is 5.56 Å². The summed E-state index contributed by atoms with van der Waals surface area (Å²) in [5.41, 5.74) is 5.90. The van der Waals surface area contributed by atoms with E-state index in [-0.39, 0.29) is 5.78 Å². The molecule has 0 fully saturated rings. The number of ketones is 1. The molecule has 1 heteroatoms. The molecule has 0 aliphatic heterocycles. The molecule has 1 aromatic carbocycles. The summed E-state index contributed by atoms with van der Waals surface area (Å²) in [5.74, 6) is 0.679.